The van der Waals surface area contributed by atoms with Gasteiger partial charge >= 0.3 is 0 Å². The van der Waals surface area contributed by atoms with Crippen LogP contribution in [0, 0.1) is 5.82 Å². The Hall–Kier alpha value is 0.500. The van der Waals surface area contributed by atoms with Gasteiger partial charge < -0.3 is 0 Å². The minimum absolute atomic E-state index is 0.0226. The van der Waals surface area contributed by atoms with Crippen LogP contribution in [0.25, 0.3) is 0 Å². The highest BCUT2D eigenvalue weighted by atomic mass is 79.9. The van der Waals surface area contributed by atoms with E-state index in [9.17, 15) is 12.8 Å². The Labute approximate surface area is 137 Å². The number of sulfonamides is 1. The Morgan fingerprint density at radius 2 is 1.79 bits per heavy atom. The summed E-state index contributed by atoms with van der Waals surface area (Å²) in [7, 11) is -3.74. The van der Waals surface area contributed by atoms with Crippen molar-refractivity contribution in [1.29, 1.82) is 0 Å². The number of benzene rings is 1. The van der Waals surface area contributed by atoms with E-state index in [2.05, 4.69) is 52.5 Å². The van der Waals surface area contributed by atoms with Crippen LogP contribution >= 0.6 is 47.8 Å². The molecule has 1 aromatic carbocycles. The summed E-state index contributed by atoms with van der Waals surface area (Å²) in [6.45, 7) is 5.22. The lowest BCUT2D eigenvalue weighted by Gasteiger charge is -2.22. The van der Waals surface area contributed by atoms with E-state index in [1.165, 1.54) is 12.1 Å². The summed E-state index contributed by atoms with van der Waals surface area (Å²) in [6.07, 6.45) is 0. The zero-order valence-corrected chi connectivity index (χ0v) is 16.0. The van der Waals surface area contributed by atoms with Gasteiger partial charge in [0.15, 0.2) is 0 Å². The third-order valence-corrected chi connectivity index (χ3v) is 5.43. The normalized spacial score (nSPS) is 13.1. The number of hydrogen-bond acceptors (Lipinski definition) is 2. The molecule has 1 rings (SSSR count). The molecule has 0 heterocycles. The average molecular weight is 482 g/mol. The van der Waals surface area contributed by atoms with Crippen molar-refractivity contribution in [2.45, 2.75) is 34.9 Å². The van der Waals surface area contributed by atoms with Crippen molar-refractivity contribution < 1.29 is 12.8 Å². The number of hydrogen-bond donors (Lipinski definition) is 1. The Balaban J connectivity index is 3.45. The summed E-state index contributed by atoms with van der Waals surface area (Å²) in [5.74, 6) is -0.520. The van der Waals surface area contributed by atoms with Gasteiger partial charge in [0, 0.05) is 5.54 Å². The average Bonchev–Trinajstić information content (AvgIpc) is 2.17. The Bertz CT molecular complexity index is 582. The predicted octanol–water partition coefficient (Wildman–Crippen LogP) is 4.45. The van der Waals surface area contributed by atoms with Gasteiger partial charge in [-0.05, 0) is 54.4 Å². The molecule has 0 amide bonds. The second-order valence-electron chi connectivity index (χ2n) is 4.96. The second-order valence-corrected chi connectivity index (χ2v) is 10.5. The molecule has 3 nitrogen and oxygen atoms in total. The second kappa shape index (κ2) is 6.09. The van der Waals surface area contributed by atoms with E-state index in [1.54, 1.807) is 20.8 Å². The Kier molecular flexibility index (Phi) is 5.63. The Morgan fingerprint density at radius 3 is 2.21 bits per heavy atom. The molecule has 1 aromatic rings. The van der Waals surface area contributed by atoms with Crippen LogP contribution in [0.4, 0.5) is 4.39 Å². The Morgan fingerprint density at radius 1 is 1.26 bits per heavy atom. The lowest BCUT2D eigenvalue weighted by atomic mass is 10.1. The third kappa shape index (κ3) is 4.77. The van der Waals surface area contributed by atoms with E-state index in [-0.39, 0.29) is 9.37 Å². The SMILES string of the molecule is CC(C)(C)NS(=O)(=O)c1cc(Br)c(F)cc1C(Br)Br. The van der Waals surface area contributed by atoms with Crippen molar-refractivity contribution in [3.8, 4) is 0 Å². The van der Waals surface area contributed by atoms with Crippen molar-refractivity contribution in [3.63, 3.8) is 0 Å². The van der Waals surface area contributed by atoms with Gasteiger partial charge in [-0.25, -0.2) is 17.5 Å². The van der Waals surface area contributed by atoms with Gasteiger partial charge in [-0.15, -0.1) is 0 Å². The van der Waals surface area contributed by atoms with Crippen LogP contribution in [-0.4, -0.2) is 14.0 Å². The van der Waals surface area contributed by atoms with Crippen LogP contribution in [0.3, 0.4) is 0 Å². The van der Waals surface area contributed by atoms with Crippen LogP contribution in [0.5, 0.6) is 0 Å². The maximum atomic E-state index is 13.5. The summed E-state index contributed by atoms with van der Waals surface area (Å²) in [5.41, 5.74) is -0.317. The van der Waals surface area contributed by atoms with Crippen molar-refractivity contribution in [1.82, 2.24) is 4.72 Å². The van der Waals surface area contributed by atoms with Crippen molar-refractivity contribution in [2.24, 2.45) is 0 Å². The number of rotatable bonds is 3. The van der Waals surface area contributed by atoms with Gasteiger partial charge in [0.2, 0.25) is 10.0 Å². The zero-order valence-electron chi connectivity index (χ0n) is 10.5. The molecule has 108 valence electrons. The minimum Gasteiger partial charge on any atom is -0.207 e. The molecule has 0 aliphatic carbocycles. The summed E-state index contributed by atoms with van der Waals surface area (Å²) in [6, 6.07) is 2.43. The smallest absolute Gasteiger partial charge is 0.207 e. The van der Waals surface area contributed by atoms with Gasteiger partial charge in [-0.1, -0.05) is 31.9 Å². The first-order chi connectivity index (χ1) is 8.44. The van der Waals surface area contributed by atoms with Gasteiger partial charge in [0.1, 0.15) is 5.82 Å². The first kappa shape index (κ1) is 17.6. The molecule has 0 aliphatic heterocycles. The van der Waals surface area contributed by atoms with Gasteiger partial charge in [-0.2, -0.15) is 0 Å². The largest absolute Gasteiger partial charge is 0.241 e. The summed E-state index contributed by atoms with van der Waals surface area (Å²) in [4.78, 5) is 0.0226. The molecule has 0 aromatic heterocycles. The molecule has 0 unspecified atom stereocenters. The fourth-order valence-corrected chi connectivity index (χ4v) is 4.64. The molecular weight excluding hydrogens is 469 g/mol. The summed E-state index contributed by atoms with van der Waals surface area (Å²) < 4.78 is 40.4. The zero-order chi connectivity index (χ0) is 15.0. The van der Waals surface area contributed by atoms with E-state index in [1.807, 2.05) is 0 Å². The van der Waals surface area contributed by atoms with Crippen LogP contribution in [-0.2, 0) is 10.0 Å². The molecule has 0 radical (unpaired) electrons. The van der Waals surface area contributed by atoms with E-state index >= 15 is 0 Å². The van der Waals surface area contributed by atoms with E-state index < -0.39 is 25.1 Å². The highest BCUT2D eigenvalue weighted by Gasteiger charge is 2.27. The van der Waals surface area contributed by atoms with Crippen LogP contribution in [0.1, 0.15) is 30.1 Å². The molecule has 1 N–H and O–H groups in total. The predicted molar refractivity (Wildman–Crippen MR) is 84.8 cm³/mol. The highest BCUT2D eigenvalue weighted by molar-refractivity contribution is 9.24. The van der Waals surface area contributed by atoms with Crippen molar-refractivity contribution in [2.75, 3.05) is 0 Å². The molecule has 0 aliphatic rings. The number of halogens is 4. The van der Waals surface area contributed by atoms with E-state index in [0.29, 0.717) is 5.56 Å². The van der Waals surface area contributed by atoms with Crippen molar-refractivity contribution in [3.05, 3.63) is 28.0 Å². The summed E-state index contributed by atoms with van der Waals surface area (Å²) >= 11 is 9.42. The molecular formula is C11H13Br3FNO2S. The van der Waals surface area contributed by atoms with E-state index in [0.717, 1.165) is 0 Å². The molecule has 19 heavy (non-hydrogen) atoms. The highest BCUT2D eigenvalue weighted by Crippen LogP contribution is 2.36. The number of alkyl halides is 2. The summed E-state index contributed by atoms with van der Waals surface area (Å²) in [5, 5.41) is 0. The van der Waals surface area contributed by atoms with Gasteiger partial charge in [0.05, 0.1) is 13.1 Å². The molecule has 0 fully saturated rings. The molecule has 0 bridgehead atoms. The van der Waals surface area contributed by atoms with Crippen LogP contribution < -0.4 is 4.72 Å². The molecule has 8 heteroatoms. The quantitative estimate of drug-likeness (QED) is 0.648. The fraction of sp³-hybridized carbons (Fsp3) is 0.455. The lowest BCUT2D eigenvalue weighted by Crippen LogP contribution is -2.40. The topological polar surface area (TPSA) is 46.2 Å². The van der Waals surface area contributed by atoms with Gasteiger partial charge in [-0.3, -0.25) is 0 Å². The molecule has 0 atom stereocenters. The molecule has 0 saturated heterocycles. The van der Waals surface area contributed by atoms with Crippen LogP contribution in [0.2, 0.25) is 0 Å². The lowest BCUT2D eigenvalue weighted by molar-refractivity contribution is 0.491. The maximum Gasteiger partial charge on any atom is 0.241 e. The van der Waals surface area contributed by atoms with Crippen molar-refractivity contribution >= 4 is 57.8 Å². The maximum absolute atomic E-state index is 13.5. The van der Waals surface area contributed by atoms with Gasteiger partial charge in [0.25, 0.3) is 0 Å². The molecule has 0 saturated carbocycles. The standard InChI is InChI=1S/C11H13Br3FNO2S/c1-11(2,3)16-19(17,18)9-5-7(12)8(15)4-6(9)10(13)14/h4-5,10,16H,1-3H3. The van der Waals surface area contributed by atoms with Crippen LogP contribution in [0.15, 0.2) is 21.5 Å². The molecule has 0 spiro atoms. The minimum atomic E-state index is -3.74. The monoisotopic (exact) mass is 479 g/mol. The fourth-order valence-electron chi connectivity index (χ4n) is 1.41. The van der Waals surface area contributed by atoms with E-state index in [4.69, 9.17) is 0 Å². The first-order valence-corrected chi connectivity index (χ1v) is 9.36. The number of nitrogens with one attached hydrogen (secondary N) is 1. The third-order valence-electron chi connectivity index (χ3n) is 2.02. The first-order valence-electron chi connectivity index (χ1n) is 5.25.